The van der Waals surface area contributed by atoms with Crippen molar-refractivity contribution in [1.29, 1.82) is 0 Å². The zero-order chi connectivity index (χ0) is 22.5. The Bertz CT molecular complexity index is 1060. The van der Waals surface area contributed by atoms with Crippen LogP contribution in [0.2, 0.25) is 0 Å². The molecule has 0 saturated carbocycles. The number of aliphatic hydroxyl groups is 1. The fourth-order valence-corrected chi connectivity index (χ4v) is 3.68. The predicted octanol–water partition coefficient (Wildman–Crippen LogP) is 3.79. The summed E-state index contributed by atoms with van der Waals surface area (Å²) in [6.07, 6.45) is 2.08. The molecule has 0 aliphatic carbocycles. The van der Waals surface area contributed by atoms with Crippen LogP contribution < -0.4 is 5.32 Å². The number of para-hydroxylation sites is 2. The van der Waals surface area contributed by atoms with Crippen molar-refractivity contribution in [2.45, 2.75) is 46.3 Å². The largest absolute Gasteiger partial charge is 0.459 e. The normalized spacial score (nSPS) is 18.4. The van der Waals surface area contributed by atoms with Crippen molar-refractivity contribution in [3.63, 3.8) is 0 Å². The molecule has 2 heterocycles. The lowest BCUT2D eigenvalue weighted by Crippen LogP contribution is -2.34. The number of rotatable bonds is 8. The summed E-state index contributed by atoms with van der Waals surface area (Å²) in [7, 11) is 0. The third kappa shape index (κ3) is 5.36. The molecule has 1 aliphatic heterocycles. The van der Waals surface area contributed by atoms with E-state index in [0.29, 0.717) is 24.8 Å². The molecule has 0 bridgehead atoms. The van der Waals surface area contributed by atoms with Crippen molar-refractivity contribution in [3.05, 3.63) is 77.3 Å². The van der Waals surface area contributed by atoms with E-state index in [1.165, 1.54) is 0 Å². The van der Waals surface area contributed by atoms with Gasteiger partial charge in [0.05, 0.1) is 30.8 Å². The molecule has 2 aromatic carbocycles. The minimum absolute atomic E-state index is 0.0141. The molecule has 7 heteroatoms. The number of aromatic amines is 1. The van der Waals surface area contributed by atoms with Gasteiger partial charge in [-0.3, -0.25) is 4.79 Å². The SMILES string of the molecule is CC(C)[C@@H]1C=C(C(=O)NCc2nc3ccccc3[nH]2)O[C@H](OCc2ccc(CO)cc2)C1. The number of carbonyl (C=O) groups is 1. The van der Waals surface area contributed by atoms with Gasteiger partial charge in [0, 0.05) is 6.42 Å². The highest BCUT2D eigenvalue weighted by molar-refractivity contribution is 5.91. The summed E-state index contributed by atoms with van der Waals surface area (Å²) in [6, 6.07) is 15.3. The molecular formula is C25H29N3O4. The van der Waals surface area contributed by atoms with Crippen molar-refractivity contribution in [1.82, 2.24) is 15.3 Å². The zero-order valence-electron chi connectivity index (χ0n) is 18.4. The van der Waals surface area contributed by atoms with Gasteiger partial charge < -0.3 is 24.9 Å². The Labute approximate surface area is 187 Å². The molecule has 1 aromatic heterocycles. The van der Waals surface area contributed by atoms with Gasteiger partial charge in [0.15, 0.2) is 5.76 Å². The Kier molecular flexibility index (Phi) is 6.87. The average molecular weight is 436 g/mol. The number of ether oxygens (including phenoxy) is 2. The number of H-pyrrole nitrogens is 1. The molecule has 32 heavy (non-hydrogen) atoms. The van der Waals surface area contributed by atoms with Crippen LogP contribution in [-0.2, 0) is 34.0 Å². The Morgan fingerprint density at radius 3 is 2.69 bits per heavy atom. The molecule has 4 rings (SSSR count). The molecule has 1 aliphatic rings. The molecule has 0 spiro atoms. The monoisotopic (exact) mass is 435 g/mol. The summed E-state index contributed by atoms with van der Waals surface area (Å²) in [4.78, 5) is 20.5. The minimum Gasteiger partial charge on any atom is -0.459 e. The number of fused-ring (bicyclic) bond motifs is 1. The lowest BCUT2D eigenvalue weighted by atomic mass is 9.90. The van der Waals surface area contributed by atoms with Gasteiger partial charge in [0.25, 0.3) is 5.91 Å². The maximum Gasteiger partial charge on any atom is 0.286 e. The first-order valence-electron chi connectivity index (χ1n) is 10.9. The first-order chi connectivity index (χ1) is 15.5. The maximum atomic E-state index is 12.8. The van der Waals surface area contributed by atoms with Crippen LogP contribution in [0.4, 0.5) is 0 Å². The summed E-state index contributed by atoms with van der Waals surface area (Å²) in [5.74, 6) is 1.23. The molecular weight excluding hydrogens is 406 g/mol. The Morgan fingerprint density at radius 2 is 1.97 bits per heavy atom. The van der Waals surface area contributed by atoms with Gasteiger partial charge in [-0.1, -0.05) is 50.2 Å². The molecule has 0 radical (unpaired) electrons. The van der Waals surface area contributed by atoms with Gasteiger partial charge in [0.1, 0.15) is 5.82 Å². The van der Waals surface area contributed by atoms with Gasteiger partial charge in [-0.2, -0.15) is 0 Å². The van der Waals surface area contributed by atoms with Crippen molar-refractivity contribution >= 4 is 16.9 Å². The van der Waals surface area contributed by atoms with Crippen molar-refractivity contribution in [2.24, 2.45) is 11.8 Å². The number of imidazole rings is 1. The smallest absolute Gasteiger partial charge is 0.286 e. The summed E-state index contributed by atoms with van der Waals surface area (Å²) in [5, 5.41) is 12.1. The van der Waals surface area contributed by atoms with Gasteiger partial charge in [-0.15, -0.1) is 0 Å². The summed E-state index contributed by atoms with van der Waals surface area (Å²) >= 11 is 0. The number of allylic oxidation sites excluding steroid dienone is 1. The predicted molar refractivity (Wildman–Crippen MR) is 121 cm³/mol. The van der Waals surface area contributed by atoms with E-state index in [1.54, 1.807) is 0 Å². The average Bonchev–Trinajstić information content (AvgIpc) is 3.24. The van der Waals surface area contributed by atoms with Crippen LogP contribution in [0.15, 0.2) is 60.4 Å². The van der Waals surface area contributed by atoms with Crippen LogP contribution in [0.3, 0.4) is 0 Å². The molecule has 0 fully saturated rings. The number of nitrogens with zero attached hydrogens (tertiary/aromatic N) is 1. The minimum atomic E-state index is -0.503. The lowest BCUT2D eigenvalue weighted by Gasteiger charge is -2.30. The highest BCUT2D eigenvalue weighted by Gasteiger charge is 2.29. The van der Waals surface area contributed by atoms with Gasteiger partial charge in [-0.25, -0.2) is 4.98 Å². The Hall–Kier alpha value is -3.16. The highest BCUT2D eigenvalue weighted by Crippen LogP contribution is 2.29. The van der Waals surface area contributed by atoms with Crippen molar-refractivity contribution < 1.29 is 19.4 Å². The topological polar surface area (TPSA) is 96.5 Å². The standard InChI is InChI=1S/C25H29N3O4/c1-16(2)19-11-22(25(30)26-13-23-27-20-5-3-4-6-21(20)28-23)32-24(12-19)31-15-18-9-7-17(14-29)8-10-18/h3-11,16,19,24,29H,12-15H2,1-2H3,(H,26,30)(H,27,28)/t19-,24+/m1/s1. The second-order valence-electron chi connectivity index (χ2n) is 8.39. The van der Waals surface area contributed by atoms with Gasteiger partial charge in [0.2, 0.25) is 6.29 Å². The Balaban J connectivity index is 1.37. The molecule has 2 atom stereocenters. The number of nitrogens with one attached hydrogen (secondary N) is 2. The number of amides is 1. The third-order valence-electron chi connectivity index (χ3n) is 5.66. The van der Waals surface area contributed by atoms with Gasteiger partial charge in [-0.05, 0) is 41.2 Å². The molecule has 0 saturated heterocycles. The summed E-state index contributed by atoms with van der Waals surface area (Å²) < 4.78 is 11.9. The van der Waals surface area contributed by atoms with E-state index in [9.17, 15) is 9.90 Å². The van der Waals surface area contributed by atoms with E-state index in [1.807, 2.05) is 54.6 Å². The molecule has 7 nitrogen and oxygen atoms in total. The number of carbonyl (C=O) groups excluding carboxylic acids is 1. The number of hydrogen-bond acceptors (Lipinski definition) is 5. The molecule has 168 valence electrons. The van der Waals surface area contributed by atoms with Crippen molar-refractivity contribution in [3.8, 4) is 0 Å². The number of aromatic nitrogens is 2. The molecule has 3 N–H and O–H groups in total. The van der Waals surface area contributed by atoms with Crippen LogP contribution in [-0.4, -0.2) is 27.3 Å². The Morgan fingerprint density at radius 1 is 1.22 bits per heavy atom. The fourth-order valence-electron chi connectivity index (χ4n) is 3.68. The number of benzene rings is 2. The van der Waals surface area contributed by atoms with Crippen LogP contribution >= 0.6 is 0 Å². The van der Waals surface area contributed by atoms with E-state index in [2.05, 4.69) is 29.1 Å². The number of hydrogen-bond donors (Lipinski definition) is 3. The van der Waals surface area contributed by atoms with Gasteiger partial charge >= 0.3 is 0 Å². The highest BCUT2D eigenvalue weighted by atomic mass is 16.7. The number of aliphatic hydroxyl groups excluding tert-OH is 1. The van der Waals surface area contributed by atoms with Crippen LogP contribution in [0, 0.1) is 11.8 Å². The van der Waals surface area contributed by atoms with E-state index in [-0.39, 0.29) is 30.7 Å². The first kappa shape index (κ1) is 22.0. The zero-order valence-corrected chi connectivity index (χ0v) is 18.4. The van der Waals surface area contributed by atoms with E-state index in [4.69, 9.17) is 9.47 Å². The van der Waals surface area contributed by atoms with E-state index < -0.39 is 6.29 Å². The van der Waals surface area contributed by atoms with Crippen LogP contribution in [0.5, 0.6) is 0 Å². The second-order valence-corrected chi connectivity index (χ2v) is 8.39. The van der Waals surface area contributed by atoms with E-state index >= 15 is 0 Å². The lowest BCUT2D eigenvalue weighted by molar-refractivity contribution is -0.155. The molecule has 3 aromatic rings. The van der Waals surface area contributed by atoms with Crippen LogP contribution in [0.1, 0.15) is 37.2 Å². The fraction of sp³-hybridized carbons (Fsp3) is 0.360. The quantitative estimate of drug-likeness (QED) is 0.500. The van der Waals surface area contributed by atoms with Crippen LogP contribution in [0.25, 0.3) is 11.0 Å². The third-order valence-corrected chi connectivity index (χ3v) is 5.66. The molecule has 0 unspecified atom stereocenters. The maximum absolute atomic E-state index is 12.8. The summed E-state index contributed by atoms with van der Waals surface area (Å²) in [6.45, 7) is 4.92. The van der Waals surface area contributed by atoms with E-state index in [0.717, 1.165) is 22.2 Å². The summed E-state index contributed by atoms with van der Waals surface area (Å²) in [5.41, 5.74) is 3.64. The van der Waals surface area contributed by atoms with Crippen molar-refractivity contribution in [2.75, 3.05) is 0 Å². The second kappa shape index (κ2) is 9.97. The first-order valence-corrected chi connectivity index (χ1v) is 10.9. The molecule has 1 amide bonds.